The van der Waals surface area contributed by atoms with Crippen molar-refractivity contribution in [1.29, 1.82) is 0 Å². The van der Waals surface area contributed by atoms with Crippen LogP contribution < -0.4 is 20.5 Å². The van der Waals surface area contributed by atoms with Gasteiger partial charge < -0.3 is 30.3 Å². The summed E-state index contributed by atoms with van der Waals surface area (Å²) in [6.45, 7) is 5.98. The zero-order chi connectivity index (χ0) is 28.8. The normalized spacial score (nSPS) is 15.4. The van der Waals surface area contributed by atoms with Crippen LogP contribution >= 0.6 is 0 Å². The third kappa shape index (κ3) is 6.90. The summed E-state index contributed by atoms with van der Waals surface area (Å²) in [6, 6.07) is 8.43. The maximum atomic E-state index is 13.8. The van der Waals surface area contributed by atoms with Gasteiger partial charge in [0.05, 0.1) is 31.1 Å². The molecule has 0 bridgehead atoms. The Bertz CT molecular complexity index is 1500. The highest BCUT2D eigenvalue weighted by Gasteiger charge is 2.22. The molecule has 1 atom stereocenters. The van der Waals surface area contributed by atoms with Crippen LogP contribution in [-0.4, -0.2) is 88.9 Å². The number of hydrogen-bond donors (Lipinski definition) is 2. The average Bonchev–Trinajstić information content (AvgIpc) is 3.30. The minimum atomic E-state index is -0.969. The standard InChI is InChI=1S/C29H35FN8O3/c1-36-8-4-9-37(12-11-36)10-5-13-41-26-16-24-23(15-25(26)40-2)29(33-19-32-24)35-22-17-34-38(18-22)27(28(31)39)20-6-3-7-21(30)14-20/h3,6-7,14-19,27H,4-5,8-13H2,1-2H3,(H2,31,39)(H,32,33,35). The first-order valence-corrected chi connectivity index (χ1v) is 13.6. The average molecular weight is 563 g/mol. The number of hydrogen-bond acceptors (Lipinski definition) is 9. The van der Waals surface area contributed by atoms with Crippen LogP contribution in [0.2, 0.25) is 0 Å². The molecule has 0 radical (unpaired) electrons. The second-order valence-corrected chi connectivity index (χ2v) is 10.1. The molecule has 41 heavy (non-hydrogen) atoms. The summed E-state index contributed by atoms with van der Waals surface area (Å²) in [7, 11) is 3.77. The van der Waals surface area contributed by atoms with Gasteiger partial charge >= 0.3 is 0 Å². The van der Waals surface area contributed by atoms with Crippen LogP contribution in [-0.2, 0) is 4.79 Å². The van der Waals surface area contributed by atoms with Crippen molar-refractivity contribution in [1.82, 2.24) is 29.5 Å². The number of methoxy groups -OCH3 is 1. The van der Waals surface area contributed by atoms with Crippen LogP contribution in [0.4, 0.5) is 15.9 Å². The minimum absolute atomic E-state index is 0.399. The van der Waals surface area contributed by atoms with Crippen LogP contribution in [0.15, 0.2) is 55.1 Å². The van der Waals surface area contributed by atoms with E-state index in [-0.39, 0.29) is 0 Å². The summed E-state index contributed by atoms with van der Waals surface area (Å²) in [5.74, 6) is 0.588. The van der Waals surface area contributed by atoms with Crippen LogP contribution in [0.25, 0.3) is 10.9 Å². The third-order valence-electron chi connectivity index (χ3n) is 7.17. The SMILES string of the molecule is COc1cc2c(Nc3cnn(C(C(N)=O)c4cccc(F)c4)c3)ncnc2cc1OCCCN1CCCN(C)CC1. The smallest absolute Gasteiger partial charge is 0.246 e. The Labute approximate surface area is 238 Å². The largest absolute Gasteiger partial charge is 0.493 e. The second-order valence-electron chi connectivity index (χ2n) is 10.1. The molecule has 2 aromatic heterocycles. The van der Waals surface area contributed by atoms with Crippen molar-refractivity contribution >= 4 is 28.3 Å². The van der Waals surface area contributed by atoms with Gasteiger partial charge in [-0.2, -0.15) is 5.10 Å². The van der Waals surface area contributed by atoms with E-state index >= 15 is 0 Å². The van der Waals surface area contributed by atoms with E-state index in [0.29, 0.717) is 40.7 Å². The van der Waals surface area contributed by atoms with E-state index in [1.807, 2.05) is 12.1 Å². The Hall–Kier alpha value is -4.29. The minimum Gasteiger partial charge on any atom is -0.493 e. The molecule has 3 heterocycles. The number of anilines is 2. The summed E-state index contributed by atoms with van der Waals surface area (Å²) >= 11 is 0. The highest BCUT2D eigenvalue weighted by molar-refractivity contribution is 5.93. The van der Waals surface area contributed by atoms with Crippen molar-refractivity contribution in [2.45, 2.75) is 18.9 Å². The van der Waals surface area contributed by atoms with Crippen LogP contribution in [0.1, 0.15) is 24.4 Å². The zero-order valence-electron chi connectivity index (χ0n) is 23.3. The molecule has 0 saturated carbocycles. The van der Waals surface area contributed by atoms with E-state index in [0.717, 1.165) is 44.5 Å². The van der Waals surface area contributed by atoms with Crippen LogP contribution in [0, 0.1) is 5.82 Å². The van der Waals surface area contributed by atoms with E-state index in [4.69, 9.17) is 15.2 Å². The van der Waals surface area contributed by atoms with Gasteiger partial charge in [-0.25, -0.2) is 14.4 Å². The van der Waals surface area contributed by atoms with Gasteiger partial charge in [-0.05, 0) is 56.7 Å². The van der Waals surface area contributed by atoms with Crippen molar-refractivity contribution in [2.24, 2.45) is 5.73 Å². The monoisotopic (exact) mass is 562 g/mol. The third-order valence-corrected chi connectivity index (χ3v) is 7.17. The lowest BCUT2D eigenvalue weighted by Gasteiger charge is -2.20. The Morgan fingerprint density at radius 2 is 2.02 bits per heavy atom. The van der Waals surface area contributed by atoms with Crippen molar-refractivity contribution in [3.05, 3.63) is 66.5 Å². The molecule has 216 valence electrons. The van der Waals surface area contributed by atoms with E-state index in [2.05, 4.69) is 37.2 Å². The molecule has 0 aliphatic carbocycles. The predicted octanol–water partition coefficient (Wildman–Crippen LogP) is 3.20. The summed E-state index contributed by atoms with van der Waals surface area (Å²) in [5, 5.41) is 8.23. The number of nitrogens with one attached hydrogen (secondary N) is 1. The fraction of sp³-hybridized carbons (Fsp3) is 0.379. The number of aromatic nitrogens is 4. The number of carbonyl (C=O) groups excluding carboxylic acids is 1. The Morgan fingerprint density at radius 3 is 2.83 bits per heavy atom. The number of fused-ring (bicyclic) bond motifs is 1. The van der Waals surface area contributed by atoms with Gasteiger partial charge in [0.1, 0.15) is 18.0 Å². The highest BCUT2D eigenvalue weighted by Crippen LogP contribution is 2.35. The maximum absolute atomic E-state index is 13.8. The summed E-state index contributed by atoms with van der Waals surface area (Å²) in [5.41, 5.74) is 7.27. The molecule has 0 spiro atoms. The zero-order valence-corrected chi connectivity index (χ0v) is 23.3. The highest BCUT2D eigenvalue weighted by atomic mass is 19.1. The molecule has 11 nitrogen and oxygen atoms in total. The lowest BCUT2D eigenvalue weighted by Crippen LogP contribution is -2.30. The quantitative estimate of drug-likeness (QED) is 0.265. The molecule has 1 amide bonds. The molecular formula is C29H35FN8O3. The van der Waals surface area contributed by atoms with Crippen molar-refractivity contribution in [3.63, 3.8) is 0 Å². The first-order valence-electron chi connectivity index (χ1n) is 13.6. The predicted molar refractivity (Wildman–Crippen MR) is 154 cm³/mol. The summed E-state index contributed by atoms with van der Waals surface area (Å²) in [6.07, 6.45) is 6.71. The molecule has 2 aromatic carbocycles. The van der Waals surface area contributed by atoms with E-state index < -0.39 is 17.8 Å². The molecule has 3 N–H and O–H groups in total. The number of nitrogens with zero attached hydrogens (tertiary/aromatic N) is 6. The van der Waals surface area contributed by atoms with Crippen molar-refractivity contribution in [2.75, 3.05) is 58.8 Å². The molecule has 4 aromatic rings. The van der Waals surface area contributed by atoms with E-state index in [9.17, 15) is 9.18 Å². The number of rotatable bonds is 11. The first kappa shape index (κ1) is 28.2. The molecular weight excluding hydrogens is 527 g/mol. The lowest BCUT2D eigenvalue weighted by atomic mass is 10.1. The van der Waals surface area contributed by atoms with Gasteiger partial charge in [-0.15, -0.1) is 0 Å². The number of primary amides is 1. The number of ether oxygens (including phenoxy) is 2. The number of amides is 1. The number of halogens is 1. The Balaban J connectivity index is 1.29. The first-order chi connectivity index (χ1) is 19.9. The number of carbonyl (C=O) groups is 1. The van der Waals surface area contributed by atoms with E-state index in [1.54, 1.807) is 25.6 Å². The van der Waals surface area contributed by atoms with Gasteiger partial charge in [-0.3, -0.25) is 9.48 Å². The summed E-state index contributed by atoms with van der Waals surface area (Å²) < 4.78 is 26.9. The van der Waals surface area contributed by atoms with Crippen molar-refractivity contribution < 1.29 is 18.7 Å². The van der Waals surface area contributed by atoms with Crippen LogP contribution in [0.3, 0.4) is 0 Å². The second kappa shape index (κ2) is 12.9. The molecule has 1 unspecified atom stereocenters. The molecule has 1 fully saturated rings. The van der Waals surface area contributed by atoms with Gasteiger partial charge in [0, 0.05) is 37.3 Å². The molecule has 5 rings (SSSR count). The van der Waals surface area contributed by atoms with Gasteiger partial charge in [0.25, 0.3) is 0 Å². The maximum Gasteiger partial charge on any atom is 0.246 e. The summed E-state index contributed by atoms with van der Waals surface area (Å²) in [4.78, 5) is 25.9. The van der Waals surface area contributed by atoms with Crippen LogP contribution in [0.5, 0.6) is 11.5 Å². The Kier molecular flexibility index (Phi) is 8.90. The molecule has 12 heteroatoms. The van der Waals surface area contributed by atoms with E-state index in [1.165, 1.54) is 35.6 Å². The van der Waals surface area contributed by atoms with Gasteiger partial charge in [0.2, 0.25) is 5.91 Å². The number of benzene rings is 2. The fourth-order valence-corrected chi connectivity index (χ4v) is 5.03. The van der Waals surface area contributed by atoms with Gasteiger partial charge in [-0.1, -0.05) is 12.1 Å². The Morgan fingerprint density at radius 1 is 1.15 bits per heavy atom. The number of likely N-dealkylation sites (N-methyl/N-ethyl adjacent to an activating group) is 1. The molecule has 1 saturated heterocycles. The number of nitrogens with two attached hydrogens (primary N) is 1. The fourth-order valence-electron chi connectivity index (χ4n) is 5.03. The topological polar surface area (TPSA) is 124 Å². The van der Waals surface area contributed by atoms with Gasteiger partial charge in [0.15, 0.2) is 17.5 Å². The molecule has 1 aliphatic heterocycles. The molecule has 1 aliphatic rings. The lowest BCUT2D eigenvalue weighted by molar-refractivity contribution is -0.120. The van der Waals surface area contributed by atoms with Crippen molar-refractivity contribution in [3.8, 4) is 11.5 Å².